The van der Waals surface area contributed by atoms with Crippen molar-refractivity contribution < 1.29 is 19.4 Å². The molecule has 2 N–H and O–H groups in total. The summed E-state index contributed by atoms with van der Waals surface area (Å²) in [6, 6.07) is 13.4. The van der Waals surface area contributed by atoms with Crippen molar-refractivity contribution in [2.24, 2.45) is 0 Å². The van der Waals surface area contributed by atoms with Gasteiger partial charge in [-0.3, -0.25) is 4.79 Å². The molecule has 148 valence electrons. The van der Waals surface area contributed by atoms with E-state index in [-0.39, 0.29) is 16.7 Å². The fourth-order valence-electron chi connectivity index (χ4n) is 3.86. The van der Waals surface area contributed by atoms with Crippen LogP contribution in [0.2, 0.25) is 0 Å². The van der Waals surface area contributed by atoms with Crippen LogP contribution in [-0.4, -0.2) is 24.1 Å². The van der Waals surface area contributed by atoms with E-state index < -0.39 is 5.97 Å². The molecule has 0 bridgehead atoms. The molecular formula is C23H21NO4S. The second-order valence-electron chi connectivity index (χ2n) is 7.24. The van der Waals surface area contributed by atoms with Gasteiger partial charge in [-0.1, -0.05) is 35.9 Å². The number of hydrogen-bond acceptors (Lipinski definition) is 4. The predicted molar refractivity (Wildman–Crippen MR) is 114 cm³/mol. The van der Waals surface area contributed by atoms with E-state index in [1.165, 1.54) is 11.3 Å². The molecule has 0 saturated carbocycles. The Morgan fingerprint density at radius 1 is 1.17 bits per heavy atom. The number of aromatic carboxylic acids is 1. The van der Waals surface area contributed by atoms with Crippen molar-refractivity contribution in [3.05, 3.63) is 68.9 Å². The first kappa shape index (κ1) is 19.2. The number of ether oxygens (including phenoxy) is 1. The van der Waals surface area contributed by atoms with Gasteiger partial charge in [-0.25, -0.2) is 4.79 Å². The second kappa shape index (κ2) is 7.37. The largest absolute Gasteiger partial charge is 0.497 e. The summed E-state index contributed by atoms with van der Waals surface area (Å²) >= 11 is 1.25. The number of fused-ring (bicyclic) bond motifs is 1. The van der Waals surface area contributed by atoms with Crippen molar-refractivity contribution in [1.29, 1.82) is 0 Å². The Balaban J connectivity index is 1.93. The lowest BCUT2D eigenvalue weighted by Gasteiger charge is -2.25. The number of carboxylic acids is 1. The molecule has 1 aliphatic rings. The van der Waals surface area contributed by atoms with Crippen LogP contribution in [0.15, 0.2) is 42.5 Å². The molecule has 1 atom stereocenters. The smallest absolute Gasteiger partial charge is 0.346 e. The number of hydrogen-bond donors (Lipinski definition) is 2. The molecule has 2 heterocycles. The minimum Gasteiger partial charge on any atom is -0.497 e. The van der Waals surface area contributed by atoms with E-state index in [0.717, 1.165) is 27.1 Å². The van der Waals surface area contributed by atoms with Crippen LogP contribution >= 0.6 is 11.3 Å². The normalized spacial score (nSPS) is 15.6. The number of carbonyl (C=O) groups excluding carboxylic acids is 1. The number of carboxylic acid groups (broad SMARTS) is 1. The number of rotatable bonds is 4. The molecule has 1 amide bonds. The van der Waals surface area contributed by atoms with Crippen LogP contribution in [0.5, 0.6) is 5.75 Å². The van der Waals surface area contributed by atoms with Crippen LogP contribution < -0.4 is 10.1 Å². The SMILES string of the molecule is COc1ccc(-c2c(C(=O)O)sc3c2NC(=O)C[C@H]3c2cc(C)ccc2C)cc1. The summed E-state index contributed by atoms with van der Waals surface area (Å²) in [6.07, 6.45) is 0.304. The van der Waals surface area contributed by atoms with Gasteiger partial charge in [0, 0.05) is 22.8 Å². The molecule has 0 fully saturated rings. The van der Waals surface area contributed by atoms with Gasteiger partial charge < -0.3 is 15.2 Å². The van der Waals surface area contributed by atoms with Crippen LogP contribution in [0.25, 0.3) is 11.1 Å². The highest BCUT2D eigenvalue weighted by Crippen LogP contribution is 2.50. The number of carbonyl (C=O) groups is 2. The molecular weight excluding hydrogens is 386 g/mol. The highest BCUT2D eigenvalue weighted by Gasteiger charge is 2.35. The van der Waals surface area contributed by atoms with E-state index >= 15 is 0 Å². The van der Waals surface area contributed by atoms with E-state index in [2.05, 4.69) is 11.4 Å². The average Bonchev–Trinajstić information content (AvgIpc) is 3.09. The molecule has 0 radical (unpaired) electrons. The number of methoxy groups -OCH3 is 1. The summed E-state index contributed by atoms with van der Waals surface area (Å²) in [5.74, 6) is -0.571. The zero-order valence-electron chi connectivity index (χ0n) is 16.4. The first-order valence-corrected chi connectivity index (χ1v) is 10.1. The van der Waals surface area contributed by atoms with Gasteiger partial charge in [-0.15, -0.1) is 11.3 Å². The molecule has 1 aliphatic heterocycles. The minimum atomic E-state index is -0.996. The molecule has 5 nitrogen and oxygen atoms in total. The van der Waals surface area contributed by atoms with Gasteiger partial charge in [0.15, 0.2) is 0 Å². The molecule has 1 aromatic heterocycles. The quantitative estimate of drug-likeness (QED) is 0.622. The predicted octanol–water partition coefficient (Wildman–Crippen LogP) is 5.21. The lowest BCUT2D eigenvalue weighted by atomic mass is 9.85. The van der Waals surface area contributed by atoms with E-state index in [9.17, 15) is 14.7 Å². The Morgan fingerprint density at radius 2 is 1.90 bits per heavy atom. The van der Waals surface area contributed by atoms with E-state index in [1.54, 1.807) is 19.2 Å². The van der Waals surface area contributed by atoms with E-state index in [0.29, 0.717) is 23.4 Å². The summed E-state index contributed by atoms with van der Waals surface area (Å²) in [6.45, 7) is 4.05. The molecule has 0 aliphatic carbocycles. The minimum absolute atomic E-state index is 0.104. The van der Waals surface area contributed by atoms with Gasteiger partial charge in [-0.2, -0.15) is 0 Å². The van der Waals surface area contributed by atoms with Crippen molar-refractivity contribution in [1.82, 2.24) is 0 Å². The Hall–Kier alpha value is -3.12. The Bertz CT molecular complexity index is 1110. The van der Waals surface area contributed by atoms with E-state index in [1.807, 2.05) is 38.1 Å². The van der Waals surface area contributed by atoms with Crippen LogP contribution in [0.1, 0.15) is 43.6 Å². The fraction of sp³-hybridized carbons (Fsp3) is 0.217. The van der Waals surface area contributed by atoms with E-state index in [4.69, 9.17) is 4.74 Å². The summed E-state index contributed by atoms with van der Waals surface area (Å²) < 4.78 is 5.21. The number of anilines is 1. The maximum atomic E-state index is 12.6. The Labute approximate surface area is 173 Å². The van der Waals surface area contributed by atoms with Crippen molar-refractivity contribution in [3.63, 3.8) is 0 Å². The van der Waals surface area contributed by atoms with Crippen molar-refractivity contribution in [2.75, 3.05) is 12.4 Å². The third-order valence-corrected chi connectivity index (χ3v) is 6.58. The number of thiophene rings is 1. The zero-order chi connectivity index (χ0) is 20.7. The Kier molecular flexibility index (Phi) is 4.88. The maximum Gasteiger partial charge on any atom is 0.346 e. The number of nitrogens with one attached hydrogen (secondary N) is 1. The molecule has 2 aromatic carbocycles. The van der Waals surface area contributed by atoms with Gasteiger partial charge in [0.1, 0.15) is 10.6 Å². The van der Waals surface area contributed by atoms with Gasteiger partial charge in [-0.05, 0) is 42.7 Å². The zero-order valence-corrected chi connectivity index (χ0v) is 17.2. The fourth-order valence-corrected chi connectivity index (χ4v) is 5.09. The molecule has 0 saturated heterocycles. The summed E-state index contributed by atoms with van der Waals surface area (Å²) in [4.78, 5) is 25.8. The van der Waals surface area contributed by atoms with Gasteiger partial charge in [0.25, 0.3) is 0 Å². The lowest BCUT2D eigenvalue weighted by molar-refractivity contribution is -0.116. The van der Waals surface area contributed by atoms with Crippen molar-refractivity contribution >= 4 is 28.9 Å². The second-order valence-corrected chi connectivity index (χ2v) is 8.30. The van der Waals surface area contributed by atoms with Crippen LogP contribution in [0, 0.1) is 13.8 Å². The summed E-state index contributed by atoms with van der Waals surface area (Å²) in [5, 5.41) is 12.8. The first-order chi connectivity index (χ1) is 13.9. The monoisotopic (exact) mass is 407 g/mol. The number of amides is 1. The third kappa shape index (κ3) is 3.40. The van der Waals surface area contributed by atoms with Gasteiger partial charge >= 0.3 is 5.97 Å². The van der Waals surface area contributed by atoms with Crippen LogP contribution in [-0.2, 0) is 4.79 Å². The first-order valence-electron chi connectivity index (χ1n) is 9.30. The highest BCUT2D eigenvalue weighted by molar-refractivity contribution is 7.15. The third-order valence-electron chi connectivity index (χ3n) is 5.29. The van der Waals surface area contributed by atoms with Gasteiger partial charge in [0.2, 0.25) is 5.91 Å². The standard InChI is InChI=1S/C23H21NO4S/c1-12-4-5-13(2)16(10-12)17-11-18(25)24-20-19(22(23(26)27)29-21(17)20)14-6-8-15(28-3)9-7-14/h4-10,17H,11H2,1-3H3,(H,24,25)(H,26,27)/t17-/m0/s1. The van der Waals surface area contributed by atoms with Crippen molar-refractivity contribution in [3.8, 4) is 16.9 Å². The Morgan fingerprint density at radius 3 is 2.55 bits per heavy atom. The summed E-state index contributed by atoms with van der Waals surface area (Å²) in [5.41, 5.74) is 5.19. The molecule has 0 spiro atoms. The molecule has 6 heteroatoms. The molecule has 4 rings (SSSR count). The summed E-state index contributed by atoms with van der Waals surface area (Å²) in [7, 11) is 1.58. The maximum absolute atomic E-state index is 12.6. The highest BCUT2D eigenvalue weighted by atomic mass is 32.1. The van der Waals surface area contributed by atoms with Crippen molar-refractivity contribution in [2.45, 2.75) is 26.2 Å². The van der Waals surface area contributed by atoms with Crippen LogP contribution in [0.4, 0.5) is 5.69 Å². The average molecular weight is 407 g/mol. The molecule has 29 heavy (non-hydrogen) atoms. The lowest BCUT2D eigenvalue weighted by Crippen LogP contribution is -2.23. The molecule has 0 unspecified atom stereocenters. The number of benzene rings is 2. The topological polar surface area (TPSA) is 75.6 Å². The molecule has 3 aromatic rings. The van der Waals surface area contributed by atoms with Crippen LogP contribution in [0.3, 0.4) is 0 Å². The number of aryl methyl sites for hydroxylation is 2. The van der Waals surface area contributed by atoms with Gasteiger partial charge in [0.05, 0.1) is 12.8 Å².